The number of hydrogen-bond acceptors (Lipinski definition) is 4. The van der Waals surface area contributed by atoms with E-state index in [9.17, 15) is 9.59 Å². The Hall–Kier alpha value is -1.50. The number of piperazine rings is 1. The lowest BCUT2D eigenvalue weighted by Crippen LogP contribution is -2.54. The molecule has 2 saturated heterocycles. The average molecular weight is 271 g/mol. The Bertz CT molecular complexity index is 323. The van der Waals surface area contributed by atoms with E-state index in [0.29, 0.717) is 46.0 Å². The van der Waals surface area contributed by atoms with Crippen molar-refractivity contribution >= 4 is 12.1 Å². The van der Waals surface area contributed by atoms with Crippen molar-refractivity contribution in [1.82, 2.24) is 15.1 Å². The zero-order valence-electron chi connectivity index (χ0n) is 11.3. The third-order valence-corrected chi connectivity index (χ3v) is 3.35. The molecule has 1 N–H and O–H groups in total. The van der Waals surface area contributed by atoms with Gasteiger partial charge in [0.1, 0.15) is 0 Å². The Labute approximate surface area is 112 Å². The standard InChI is InChI=1S/C12H21N3O4/c1-2-19-12(17)15-6-4-14(5-7-15)11(16)13-10-3-8-18-9-10/h10H,2-9H2,1H3,(H,13,16). The van der Waals surface area contributed by atoms with E-state index >= 15 is 0 Å². The van der Waals surface area contributed by atoms with Crippen molar-refractivity contribution in [2.24, 2.45) is 0 Å². The van der Waals surface area contributed by atoms with Gasteiger partial charge in [-0.3, -0.25) is 0 Å². The minimum atomic E-state index is -0.299. The van der Waals surface area contributed by atoms with Gasteiger partial charge in [-0.15, -0.1) is 0 Å². The molecule has 0 bridgehead atoms. The minimum absolute atomic E-state index is 0.0704. The van der Waals surface area contributed by atoms with E-state index in [0.717, 1.165) is 6.42 Å². The molecule has 19 heavy (non-hydrogen) atoms. The molecule has 1 atom stereocenters. The predicted octanol–water partition coefficient (Wildman–Crippen LogP) is 0.259. The first-order valence-corrected chi connectivity index (χ1v) is 6.75. The maximum Gasteiger partial charge on any atom is 0.409 e. The average Bonchev–Trinajstić information content (AvgIpc) is 2.92. The number of ether oxygens (including phenoxy) is 2. The number of carbonyl (C=O) groups excluding carboxylic acids is 2. The van der Waals surface area contributed by atoms with Crippen LogP contribution in [0.5, 0.6) is 0 Å². The van der Waals surface area contributed by atoms with Crippen molar-refractivity contribution in [2.75, 3.05) is 46.0 Å². The second-order valence-electron chi connectivity index (χ2n) is 4.68. The highest BCUT2D eigenvalue weighted by molar-refractivity contribution is 5.75. The van der Waals surface area contributed by atoms with Crippen molar-refractivity contribution in [3.05, 3.63) is 0 Å². The molecule has 0 saturated carbocycles. The fraction of sp³-hybridized carbons (Fsp3) is 0.833. The van der Waals surface area contributed by atoms with Crippen molar-refractivity contribution in [2.45, 2.75) is 19.4 Å². The first-order chi connectivity index (χ1) is 9.20. The van der Waals surface area contributed by atoms with Crippen molar-refractivity contribution in [1.29, 1.82) is 0 Å². The second-order valence-corrected chi connectivity index (χ2v) is 4.68. The number of rotatable bonds is 2. The quantitative estimate of drug-likeness (QED) is 0.782. The van der Waals surface area contributed by atoms with Crippen LogP contribution in [0.25, 0.3) is 0 Å². The summed E-state index contributed by atoms with van der Waals surface area (Å²) in [6, 6.07) is 0.0506. The third-order valence-electron chi connectivity index (χ3n) is 3.35. The van der Waals surface area contributed by atoms with E-state index in [4.69, 9.17) is 9.47 Å². The molecule has 0 aromatic rings. The Morgan fingerprint density at radius 2 is 1.95 bits per heavy atom. The van der Waals surface area contributed by atoms with E-state index in [-0.39, 0.29) is 18.2 Å². The molecule has 7 nitrogen and oxygen atoms in total. The van der Waals surface area contributed by atoms with Gasteiger partial charge in [-0.05, 0) is 13.3 Å². The molecule has 0 aliphatic carbocycles. The zero-order valence-corrected chi connectivity index (χ0v) is 11.3. The normalized spacial score (nSPS) is 23.3. The van der Waals surface area contributed by atoms with Crippen LogP contribution in [-0.4, -0.2) is 74.0 Å². The number of hydrogen-bond donors (Lipinski definition) is 1. The summed E-state index contributed by atoms with van der Waals surface area (Å²) in [5, 5.41) is 2.95. The van der Waals surface area contributed by atoms with Crippen LogP contribution < -0.4 is 5.32 Å². The molecule has 7 heteroatoms. The van der Waals surface area contributed by atoms with Gasteiger partial charge in [0, 0.05) is 32.8 Å². The van der Waals surface area contributed by atoms with Crippen molar-refractivity contribution in [3.63, 3.8) is 0 Å². The van der Waals surface area contributed by atoms with Crippen molar-refractivity contribution < 1.29 is 19.1 Å². The minimum Gasteiger partial charge on any atom is -0.450 e. The van der Waals surface area contributed by atoms with E-state index < -0.39 is 0 Å². The summed E-state index contributed by atoms with van der Waals surface area (Å²) >= 11 is 0. The van der Waals surface area contributed by atoms with E-state index in [1.54, 1.807) is 16.7 Å². The monoisotopic (exact) mass is 271 g/mol. The highest BCUT2D eigenvalue weighted by Crippen LogP contribution is 2.07. The highest BCUT2D eigenvalue weighted by atomic mass is 16.6. The second kappa shape index (κ2) is 6.60. The molecular formula is C12H21N3O4. The molecule has 2 aliphatic rings. The smallest absolute Gasteiger partial charge is 0.409 e. The van der Waals surface area contributed by atoms with Gasteiger partial charge in [0.25, 0.3) is 0 Å². The van der Waals surface area contributed by atoms with Gasteiger partial charge in [-0.1, -0.05) is 0 Å². The SMILES string of the molecule is CCOC(=O)N1CCN(C(=O)NC2CCOC2)CC1. The summed E-state index contributed by atoms with van der Waals surface area (Å²) in [6.07, 6.45) is 0.570. The van der Waals surface area contributed by atoms with Gasteiger partial charge < -0.3 is 24.6 Å². The summed E-state index contributed by atoms with van der Waals surface area (Å²) < 4.78 is 10.2. The molecule has 2 aliphatic heterocycles. The summed E-state index contributed by atoms with van der Waals surface area (Å²) in [7, 11) is 0. The van der Waals surface area contributed by atoms with Gasteiger partial charge in [0.2, 0.25) is 0 Å². The third kappa shape index (κ3) is 3.73. The topological polar surface area (TPSA) is 71.1 Å². The summed E-state index contributed by atoms with van der Waals surface area (Å²) in [4.78, 5) is 26.9. The van der Waals surface area contributed by atoms with Crippen LogP contribution in [0, 0.1) is 0 Å². The predicted molar refractivity (Wildman–Crippen MR) is 67.9 cm³/mol. The van der Waals surface area contributed by atoms with Crippen LogP contribution in [0.3, 0.4) is 0 Å². The van der Waals surface area contributed by atoms with Gasteiger partial charge >= 0.3 is 12.1 Å². The van der Waals surface area contributed by atoms with Gasteiger partial charge in [-0.25, -0.2) is 9.59 Å². The van der Waals surface area contributed by atoms with Gasteiger partial charge in [0.05, 0.1) is 19.3 Å². The molecule has 3 amide bonds. The summed E-state index contributed by atoms with van der Waals surface area (Å²) in [5.74, 6) is 0. The van der Waals surface area contributed by atoms with Crippen LogP contribution >= 0.6 is 0 Å². The van der Waals surface area contributed by atoms with E-state index in [1.807, 2.05) is 0 Å². The number of nitrogens with zero attached hydrogens (tertiary/aromatic N) is 2. The lowest BCUT2D eigenvalue weighted by atomic mass is 10.2. The van der Waals surface area contributed by atoms with Crippen LogP contribution in [0.2, 0.25) is 0 Å². The fourth-order valence-electron chi connectivity index (χ4n) is 2.22. The number of carbonyl (C=O) groups is 2. The molecule has 1 unspecified atom stereocenters. The molecule has 0 aromatic heterocycles. The Balaban J connectivity index is 1.72. The number of urea groups is 1. The first kappa shape index (κ1) is 13.9. The molecule has 0 radical (unpaired) electrons. The molecule has 0 aromatic carbocycles. The van der Waals surface area contributed by atoms with Crippen LogP contribution in [0.4, 0.5) is 9.59 Å². The molecule has 2 rings (SSSR count). The maximum atomic E-state index is 12.0. The molecule has 2 heterocycles. The zero-order chi connectivity index (χ0) is 13.7. The van der Waals surface area contributed by atoms with E-state index in [2.05, 4.69) is 5.32 Å². The number of nitrogens with one attached hydrogen (secondary N) is 1. The lowest BCUT2D eigenvalue weighted by Gasteiger charge is -2.34. The van der Waals surface area contributed by atoms with Crippen LogP contribution in [0.1, 0.15) is 13.3 Å². The summed E-state index contributed by atoms with van der Waals surface area (Å²) in [6.45, 7) is 5.58. The Morgan fingerprint density at radius 3 is 2.53 bits per heavy atom. The first-order valence-electron chi connectivity index (χ1n) is 6.75. The highest BCUT2D eigenvalue weighted by Gasteiger charge is 2.26. The van der Waals surface area contributed by atoms with Gasteiger partial charge in [-0.2, -0.15) is 0 Å². The van der Waals surface area contributed by atoms with Gasteiger partial charge in [0.15, 0.2) is 0 Å². The number of amides is 3. The molecular weight excluding hydrogens is 250 g/mol. The van der Waals surface area contributed by atoms with Crippen molar-refractivity contribution in [3.8, 4) is 0 Å². The van der Waals surface area contributed by atoms with E-state index in [1.165, 1.54) is 0 Å². The summed E-state index contributed by atoms with van der Waals surface area (Å²) in [5.41, 5.74) is 0. The molecule has 108 valence electrons. The largest absolute Gasteiger partial charge is 0.450 e. The Kier molecular flexibility index (Phi) is 4.84. The van der Waals surface area contributed by atoms with Crippen LogP contribution in [0.15, 0.2) is 0 Å². The lowest BCUT2D eigenvalue weighted by molar-refractivity contribution is 0.0846. The van der Waals surface area contributed by atoms with Crippen LogP contribution in [-0.2, 0) is 9.47 Å². The molecule has 2 fully saturated rings. The molecule has 0 spiro atoms. The Morgan fingerprint density at radius 1 is 1.26 bits per heavy atom. The fourth-order valence-corrected chi connectivity index (χ4v) is 2.22. The maximum absolute atomic E-state index is 12.0.